The third kappa shape index (κ3) is 4.20. The molecule has 0 fully saturated rings. The predicted molar refractivity (Wildman–Crippen MR) is 79.5 cm³/mol. The van der Waals surface area contributed by atoms with Gasteiger partial charge in [-0.3, -0.25) is 5.32 Å². The lowest BCUT2D eigenvalue weighted by molar-refractivity contribution is 0.460. The summed E-state index contributed by atoms with van der Waals surface area (Å²) in [6, 6.07) is 9.42. The smallest absolute Gasteiger partial charge is 0.0691 e. The second kappa shape index (κ2) is 7.95. The van der Waals surface area contributed by atoms with Crippen molar-refractivity contribution in [3.63, 3.8) is 0 Å². The van der Waals surface area contributed by atoms with E-state index in [9.17, 15) is 0 Å². The number of terminal acetylenes is 1. The van der Waals surface area contributed by atoms with Crippen LogP contribution in [0.2, 0.25) is 0 Å². The minimum absolute atomic E-state index is 0.186. The Morgan fingerprint density at radius 3 is 2.28 bits per heavy atom. The van der Waals surface area contributed by atoms with Gasteiger partial charge in [-0.05, 0) is 30.4 Å². The first kappa shape index (κ1) is 14.8. The van der Waals surface area contributed by atoms with Crippen LogP contribution >= 0.6 is 0 Å². The molecular formula is C17H25N. The van der Waals surface area contributed by atoms with E-state index >= 15 is 0 Å². The van der Waals surface area contributed by atoms with E-state index < -0.39 is 0 Å². The van der Waals surface area contributed by atoms with Crippen molar-refractivity contribution < 1.29 is 0 Å². The molecule has 0 spiro atoms. The maximum Gasteiger partial charge on any atom is 0.0691 e. The fraction of sp³-hybridized carbons (Fsp3) is 0.529. The van der Waals surface area contributed by atoms with Crippen LogP contribution in [-0.2, 0) is 6.42 Å². The number of aryl methyl sites for hydroxylation is 1. The lowest BCUT2D eigenvalue weighted by Crippen LogP contribution is -2.31. The highest BCUT2D eigenvalue weighted by Gasteiger charge is 2.13. The normalized spacial score (nSPS) is 13.9. The highest BCUT2D eigenvalue weighted by molar-refractivity contribution is 5.25. The molecule has 1 nitrogen and oxygen atoms in total. The van der Waals surface area contributed by atoms with Crippen molar-refractivity contribution in [1.29, 1.82) is 0 Å². The molecule has 1 aromatic carbocycles. The van der Waals surface area contributed by atoms with Crippen LogP contribution in [0.3, 0.4) is 0 Å². The fourth-order valence-electron chi connectivity index (χ4n) is 2.18. The molecule has 0 amide bonds. The molecule has 0 aromatic heterocycles. The Kier molecular flexibility index (Phi) is 6.54. The summed E-state index contributed by atoms with van der Waals surface area (Å²) in [6.45, 7) is 6.55. The standard InChI is InChI=1S/C17H25N/c1-5-9-16(7-3)18-17(8-4)15-12-10-14(6-2)11-13-15/h3,10-13,16-18H,5-6,8-9H2,1-2,4H3. The molecule has 0 aliphatic heterocycles. The Bertz CT molecular complexity index is 372. The molecule has 0 aliphatic rings. The third-order valence-corrected chi connectivity index (χ3v) is 3.38. The van der Waals surface area contributed by atoms with Crippen LogP contribution in [0, 0.1) is 12.3 Å². The zero-order chi connectivity index (χ0) is 13.4. The van der Waals surface area contributed by atoms with Gasteiger partial charge < -0.3 is 0 Å². The maximum atomic E-state index is 5.57. The summed E-state index contributed by atoms with van der Waals surface area (Å²) in [5.41, 5.74) is 2.72. The van der Waals surface area contributed by atoms with Crippen molar-refractivity contribution in [2.24, 2.45) is 0 Å². The summed E-state index contributed by atoms with van der Waals surface area (Å²) in [5, 5.41) is 3.57. The SMILES string of the molecule is C#CC(CCC)NC(CC)c1ccc(CC)cc1. The van der Waals surface area contributed by atoms with Gasteiger partial charge in [-0.15, -0.1) is 6.42 Å². The Morgan fingerprint density at radius 1 is 1.17 bits per heavy atom. The van der Waals surface area contributed by atoms with Gasteiger partial charge in [-0.1, -0.05) is 57.4 Å². The summed E-state index contributed by atoms with van der Waals surface area (Å²) in [7, 11) is 0. The van der Waals surface area contributed by atoms with Gasteiger partial charge in [0.05, 0.1) is 6.04 Å². The van der Waals surface area contributed by atoms with Crippen molar-refractivity contribution in [1.82, 2.24) is 5.32 Å². The summed E-state index contributed by atoms with van der Waals surface area (Å²) in [5.74, 6) is 2.85. The van der Waals surface area contributed by atoms with E-state index in [1.165, 1.54) is 11.1 Å². The van der Waals surface area contributed by atoms with Crippen molar-refractivity contribution in [2.45, 2.75) is 58.5 Å². The van der Waals surface area contributed by atoms with E-state index in [1.807, 2.05) is 0 Å². The lowest BCUT2D eigenvalue weighted by Gasteiger charge is -2.22. The number of rotatable bonds is 7. The molecule has 2 unspecified atom stereocenters. The Morgan fingerprint density at radius 2 is 1.83 bits per heavy atom. The molecule has 1 heteroatoms. The molecular weight excluding hydrogens is 218 g/mol. The van der Waals surface area contributed by atoms with Crippen LogP contribution in [0.25, 0.3) is 0 Å². The average molecular weight is 243 g/mol. The van der Waals surface area contributed by atoms with Crippen molar-refractivity contribution >= 4 is 0 Å². The van der Waals surface area contributed by atoms with Gasteiger partial charge in [0.15, 0.2) is 0 Å². The van der Waals surface area contributed by atoms with Crippen molar-refractivity contribution in [3.8, 4) is 12.3 Å². The number of hydrogen-bond donors (Lipinski definition) is 1. The van der Waals surface area contributed by atoms with Crippen molar-refractivity contribution in [3.05, 3.63) is 35.4 Å². The fourth-order valence-corrected chi connectivity index (χ4v) is 2.18. The van der Waals surface area contributed by atoms with Crippen LogP contribution < -0.4 is 5.32 Å². The van der Waals surface area contributed by atoms with Gasteiger partial charge in [0, 0.05) is 6.04 Å². The highest BCUT2D eigenvalue weighted by Crippen LogP contribution is 2.19. The second-order valence-corrected chi connectivity index (χ2v) is 4.73. The minimum atomic E-state index is 0.186. The number of benzene rings is 1. The Balaban J connectivity index is 2.72. The maximum absolute atomic E-state index is 5.57. The summed E-state index contributed by atoms with van der Waals surface area (Å²) < 4.78 is 0. The molecule has 0 aliphatic carbocycles. The zero-order valence-corrected chi connectivity index (χ0v) is 11.9. The molecule has 0 saturated carbocycles. The first-order valence-electron chi connectivity index (χ1n) is 7.06. The molecule has 0 heterocycles. The zero-order valence-electron chi connectivity index (χ0n) is 11.9. The minimum Gasteiger partial charge on any atom is -0.297 e. The first-order chi connectivity index (χ1) is 8.74. The highest BCUT2D eigenvalue weighted by atomic mass is 14.9. The van der Waals surface area contributed by atoms with Crippen molar-refractivity contribution in [2.75, 3.05) is 0 Å². The first-order valence-corrected chi connectivity index (χ1v) is 7.06. The number of nitrogens with one attached hydrogen (secondary N) is 1. The van der Waals surface area contributed by atoms with E-state index in [4.69, 9.17) is 6.42 Å². The molecule has 18 heavy (non-hydrogen) atoms. The predicted octanol–water partition coefficient (Wildman–Crippen LogP) is 4.09. The van der Waals surface area contributed by atoms with E-state index in [0.717, 1.165) is 25.7 Å². The summed E-state index contributed by atoms with van der Waals surface area (Å²) in [4.78, 5) is 0. The van der Waals surface area contributed by atoms with Crippen LogP contribution in [0.5, 0.6) is 0 Å². The molecule has 1 aromatic rings. The van der Waals surface area contributed by atoms with Gasteiger partial charge in [-0.2, -0.15) is 0 Å². The van der Waals surface area contributed by atoms with Gasteiger partial charge in [0.25, 0.3) is 0 Å². The van der Waals surface area contributed by atoms with Gasteiger partial charge in [0.1, 0.15) is 0 Å². The molecule has 1 rings (SSSR count). The Hall–Kier alpha value is -1.26. The van der Waals surface area contributed by atoms with Crippen LogP contribution in [0.4, 0.5) is 0 Å². The van der Waals surface area contributed by atoms with Crippen LogP contribution in [-0.4, -0.2) is 6.04 Å². The van der Waals surface area contributed by atoms with E-state index in [0.29, 0.717) is 6.04 Å². The van der Waals surface area contributed by atoms with E-state index in [1.54, 1.807) is 0 Å². The molecule has 0 bridgehead atoms. The summed E-state index contributed by atoms with van der Waals surface area (Å²) in [6.07, 6.45) is 9.89. The van der Waals surface area contributed by atoms with Gasteiger partial charge >= 0.3 is 0 Å². The monoisotopic (exact) mass is 243 g/mol. The largest absolute Gasteiger partial charge is 0.297 e. The topological polar surface area (TPSA) is 12.0 Å². The third-order valence-electron chi connectivity index (χ3n) is 3.38. The quantitative estimate of drug-likeness (QED) is 0.711. The molecule has 98 valence electrons. The Labute approximate surface area is 112 Å². The lowest BCUT2D eigenvalue weighted by atomic mass is 10.0. The molecule has 0 saturated heterocycles. The van der Waals surface area contributed by atoms with Crippen LogP contribution in [0.1, 0.15) is 57.2 Å². The summed E-state index contributed by atoms with van der Waals surface area (Å²) >= 11 is 0. The van der Waals surface area contributed by atoms with Gasteiger partial charge in [-0.25, -0.2) is 0 Å². The molecule has 1 N–H and O–H groups in total. The number of hydrogen-bond acceptors (Lipinski definition) is 1. The molecule has 2 atom stereocenters. The second-order valence-electron chi connectivity index (χ2n) is 4.73. The van der Waals surface area contributed by atoms with E-state index in [-0.39, 0.29) is 6.04 Å². The van der Waals surface area contributed by atoms with Gasteiger partial charge in [0.2, 0.25) is 0 Å². The molecule has 0 radical (unpaired) electrons. The van der Waals surface area contributed by atoms with Crippen LogP contribution in [0.15, 0.2) is 24.3 Å². The van der Waals surface area contributed by atoms with E-state index in [2.05, 4.69) is 56.3 Å². The average Bonchev–Trinajstić information content (AvgIpc) is 2.43.